The van der Waals surface area contributed by atoms with Gasteiger partial charge in [0.25, 0.3) is 5.91 Å². The minimum Gasteiger partial charge on any atom is -0.333 e. The second-order valence-corrected chi connectivity index (χ2v) is 6.93. The topological polar surface area (TPSA) is 46.3 Å². The molecule has 0 bridgehead atoms. The molecule has 0 spiro atoms. The molecule has 1 aromatic carbocycles. The van der Waals surface area contributed by atoms with Crippen LogP contribution in [0.2, 0.25) is 0 Å². The van der Waals surface area contributed by atoms with Gasteiger partial charge in [-0.1, -0.05) is 25.5 Å². The number of amides is 1. The molecule has 3 nitrogen and oxygen atoms in total. The van der Waals surface area contributed by atoms with Crippen LogP contribution < -0.4 is 5.73 Å². The van der Waals surface area contributed by atoms with Crippen LogP contribution in [0.25, 0.3) is 0 Å². The van der Waals surface area contributed by atoms with Crippen molar-refractivity contribution in [2.24, 2.45) is 11.7 Å². The van der Waals surface area contributed by atoms with Crippen LogP contribution in [-0.2, 0) is 6.54 Å². The van der Waals surface area contributed by atoms with Gasteiger partial charge in [0.2, 0.25) is 0 Å². The normalized spacial score (nSPS) is 23.9. The van der Waals surface area contributed by atoms with E-state index in [1.54, 1.807) is 0 Å². The summed E-state index contributed by atoms with van der Waals surface area (Å²) in [5.74, 6) is 1.10. The Balaban J connectivity index is 0.00000192. The molecule has 2 aliphatic rings. The molecular weight excluding hydrogens is 308 g/mol. The molecule has 2 aliphatic carbocycles. The molecule has 2 fully saturated rings. The Bertz CT molecular complexity index is 505. The number of benzene rings is 1. The number of carbonyl (C=O) groups excluding carboxylic acids is 1. The second kappa shape index (κ2) is 8.16. The fraction of sp³-hybridized carbons (Fsp3) is 0.632. The van der Waals surface area contributed by atoms with Gasteiger partial charge in [-0.2, -0.15) is 0 Å². The van der Waals surface area contributed by atoms with Gasteiger partial charge >= 0.3 is 0 Å². The van der Waals surface area contributed by atoms with E-state index in [4.69, 9.17) is 5.73 Å². The summed E-state index contributed by atoms with van der Waals surface area (Å²) in [6.45, 7) is 2.82. The van der Waals surface area contributed by atoms with Crippen LogP contribution in [0.3, 0.4) is 0 Å². The summed E-state index contributed by atoms with van der Waals surface area (Å²) in [5, 5.41) is 0. The second-order valence-electron chi connectivity index (χ2n) is 6.93. The quantitative estimate of drug-likeness (QED) is 0.878. The molecule has 0 aliphatic heterocycles. The van der Waals surface area contributed by atoms with E-state index in [0.717, 1.165) is 17.0 Å². The Morgan fingerprint density at radius 2 is 1.57 bits per heavy atom. The van der Waals surface area contributed by atoms with Crippen LogP contribution in [0.4, 0.5) is 0 Å². The fourth-order valence-corrected chi connectivity index (χ4v) is 3.75. The van der Waals surface area contributed by atoms with Crippen molar-refractivity contribution < 1.29 is 4.79 Å². The van der Waals surface area contributed by atoms with Gasteiger partial charge in [-0.05, 0) is 62.1 Å². The summed E-state index contributed by atoms with van der Waals surface area (Å²) in [6, 6.07) is 8.79. The van der Waals surface area contributed by atoms with E-state index >= 15 is 0 Å². The van der Waals surface area contributed by atoms with E-state index < -0.39 is 0 Å². The van der Waals surface area contributed by atoms with Gasteiger partial charge in [-0.3, -0.25) is 4.79 Å². The first kappa shape index (κ1) is 18.3. The molecule has 23 heavy (non-hydrogen) atoms. The Morgan fingerprint density at radius 3 is 2.00 bits per heavy atom. The molecule has 0 atom stereocenters. The van der Waals surface area contributed by atoms with E-state index in [1.807, 2.05) is 24.3 Å². The largest absolute Gasteiger partial charge is 0.333 e. The molecule has 0 unspecified atom stereocenters. The predicted molar refractivity (Wildman–Crippen MR) is 96.8 cm³/mol. The number of carbonyl (C=O) groups is 1. The van der Waals surface area contributed by atoms with E-state index in [9.17, 15) is 4.79 Å². The highest BCUT2D eigenvalue weighted by molar-refractivity contribution is 5.95. The van der Waals surface area contributed by atoms with Crippen LogP contribution in [0, 0.1) is 5.92 Å². The van der Waals surface area contributed by atoms with E-state index in [2.05, 4.69) is 11.8 Å². The summed E-state index contributed by atoms with van der Waals surface area (Å²) in [6.07, 6.45) is 8.57. The molecule has 3 rings (SSSR count). The lowest BCUT2D eigenvalue weighted by Crippen LogP contribution is -2.43. The van der Waals surface area contributed by atoms with Crippen LogP contribution in [0.15, 0.2) is 24.3 Å². The fourth-order valence-electron chi connectivity index (χ4n) is 3.75. The Labute approximate surface area is 146 Å². The highest BCUT2D eigenvalue weighted by Crippen LogP contribution is 2.37. The molecule has 2 N–H and O–H groups in total. The van der Waals surface area contributed by atoms with Crippen molar-refractivity contribution in [3.05, 3.63) is 35.4 Å². The molecular formula is C19H29ClN2O. The molecule has 1 amide bonds. The van der Waals surface area contributed by atoms with Gasteiger partial charge in [-0.15, -0.1) is 12.4 Å². The zero-order valence-corrected chi connectivity index (χ0v) is 14.9. The van der Waals surface area contributed by atoms with Crippen LogP contribution in [0.5, 0.6) is 0 Å². The molecule has 0 aromatic heterocycles. The zero-order valence-electron chi connectivity index (χ0n) is 14.0. The summed E-state index contributed by atoms with van der Waals surface area (Å²) < 4.78 is 0. The summed E-state index contributed by atoms with van der Waals surface area (Å²) in [4.78, 5) is 15.2. The van der Waals surface area contributed by atoms with Crippen molar-refractivity contribution in [3.63, 3.8) is 0 Å². The minimum atomic E-state index is 0. The summed E-state index contributed by atoms with van der Waals surface area (Å²) in [5.41, 5.74) is 7.54. The summed E-state index contributed by atoms with van der Waals surface area (Å²) >= 11 is 0. The smallest absolute Gasteiger partial charge is 0.254 e. The number of hydrogen-bond acceptors (Lipinski definition) is 2. The Hall–Kier alpha value is -1.06. The van der Waals surface area contributed by atoms with Gasteiger partial charge in [0.15, 0.2) is 0 Å². The van der Waals surface area contributed by atoms with Crippen molar-refractivity contribution in [2.75, 3.05) is 0 Å². The van der Waals surface area contributed by atoms with Crippen LogP contribution in [-0.4, -0.2) is 22.9 Å². The first-order valence-corrected chi connectivity index (χ1v) is 8.84. The average molecular weight is 337 g/mol. The lowest BCUT2D eigenvalue weighted by atomic mass is 9.83. The van der Waals surface area contributed by atoms with Gasteiger partial charge in [0.1, 0.15) is 0 Å². The number of nitrogens with zero attached hydrogens (tertiary/aromatic N) is 1. The molecule has 128 valence electrons. The first-order chi connectivity index (χ1) is 10.7. The van der Waals surface area contributed by atoms with Crippen molar-refractivity contribution >= 4 is 18.3 Å². The number of halogens is 1. The molecule has 1 aromatic rings. The average Bonchev–Trinajstić information content (AvgIpc) is 3.40. The third kappa shape index (κ3) is 4.27. The third-order valence-electron chi connectivity index (χ3n) is 5.40. The van der Waals surface area contributed by atoms with Crippen molar-refractivity contribution in [3.8, 4) is 0 Å². The maximum Gasteiger partial charge on any atom is 0.254 e. The molecule has 0 saturated heterocycles. The molecule has 0 heterocycles. The molecule has 4 heteroatoms. The van der Waals surface area contributed by atoms with E-state index in [0.29, 0.717) is 18.6 Å². The Morgan fingerprint density at radius 1 is 1.04 bits per heavy atom. The standard InChI is InChI=1S/C19H28N2O.ClH/c1-2-14-5-9-17(10-6-14)21(18-11-12-18)19(22)16-7-3-15(13-20)4-8-16;/h3-4,7-8,14,17-18H,2,5-6,9-13,20H2,1H3;1H. The SMILES string of the molecule is CCC1CCC(N(C(=O)c2ccc(CN)cc2)C2CC2)CC1.Cl. The van der Waals surface area contributed by atoms with Gasteiger partial charge < -0.3 is 10.6 Å². The van der Waals surface area contributed by atoms with Crippen molar-refractivity contribution in [1.82, 2.24) is 4.90 Å². The number of nitrogens with two attached hydrogens (primary N) is 1. The van der Waals surface area contributed by atoms with Crippen molar-refractivity contribution in [1.29, 1.82) is 0 Å². The number of rotatable bonds is 5. The summed E-state index contributed by atoms with van der Waals surface area (Å²) in [7, 11) is 0. The zero-order chi connectivity index (χ0) is 15.5. The van der Waals surface area contributed by atoms with Crippen molar-refractivity contribution in [2.45, 2.75) is 70.5 Å². The van der Waals surface area contributed by atoms with Gasteiger partial charge in [-0.25, -0.2) is 0 Å². The number of hydrogen-bond donors (Lipinski definition) is 1. The third-order valence-corrected chi connectivity index (χ3v) is 5.40. The van der Waals surface area contributed by atoms with Crippen LogP contribution >= 0.6 is 12.4 Å². The van der Waals surface area contributed by atoms with Crippen LogP contribution in [0.1, 0.15) is 67.8 Å². The lowest BCUT2D eigenvalue weighted by molar-refractivity contribution is 0.0587. The first-order valence-electron chi connectivity index (χ1n) is 8.84. The lowest BCUT2D eigenvalue weighted by Gasteiger charge is -2.37. The van der Waals surface area contributed by atoms with E-state index in [-0.39, 0.29) is 18.3 Å². The predicted octanol–water partition coefficient (Wildman–Crippen LogP) is 4.14. The highest BCUT2D eigenvalue weighted by atomic mass is 35.5. The Kier molecular flexibility index (Phi) is 6.49. The maximum absolute atomic E-state index is 13.0. The van der Waals surface area contributed by atoms with Gasteiger partial charge in [0.05, 0.1) is 0 Å². The molecule has 0 radical (unpaired) electrons. The monoisotopic (exact) mass is 336 g/mol. The minimum absolute atomic E-state index is 0. The highest BCUT2D eigenvalue weighted by Gasteiger charge is 2.38. The van der Waals surface area contributed by atoms with Gasteiger partial charge in [0, 0.05) is 24.2 Å². The maximum atomic E-state index is 13.0. The van der Waals surface area contributed by atoms with E-state index in [1.165, 1.54) is 44.9 Å². The molecule has 2 saturated carbocycles.